The second-order valence-corrected chi connectivity index (χ2v) is 7.02. The first kappa shape index (κ1) is 14.5. The van der Waals surface area contributed by atoms with E-state index >= 15 is 0 Å². The summed E-state index contributed by atoms with van der Waals surface area (Å²) < 4.78 is 27.8. The first-order chi connectivity index (χ1) is 9.00. The molecule has 1 heterocycles. The Labute approximate surface area is 115 Å². The van der Waals surface area contributed by atoms with Crippen LogP contribution in [0.4, 0.5) is 0 Å². The first-order valence-electron chi connectivity index (χ1n) is 6.82. The Morgan fingerprint density at radius 2 is 1.84 bits per heavy atom. The second-order valence-electron chi connectivity index (χ2n) is 5.34. The van der Waals surface area contributed by atoms with Crippen molar-refractivity contribution >= 4 is 10.0 Å². The highest BCUT2D eigenvalue weighted by Crippen LogP contribution is 2.23. The fourth-order valence-corrected chi connectivity index (χ4v) is 4.10. The number of benzene rings is 1. The van der Waals surface area contributed by atoms with E-state index in [0.717, 1.165) is 31.5 Å². The lowest BCUT2D eigenvalue weighted by atomic mass is 10.0. The van der Waals surface area contributed by atoms with Gasteiger partial charge in [-0.1, -0.05) is 32.0 Å². The number of sulfonamides is 1. The van der Waals surface area contributed by atoms with E-state index in [1.807, 2.05) is 26.0 Å². The average molecular weight is 282 g/mol. The number of piperidine rings is 1. The third kappa shape index (κ3) is 3.55. The summed E-state index contributed by atoms with van der Waals surface area (Å²) in [6, 6.07) is 7.30. The summed E-state index contributed by atoms with van der Waals surface area (Å²) >= 11 is 0. The molecule has 1 aromatic carbocycles. The van der Waals surface area contributed by atoms with Gasteiger partial charge in [0.15, 0.2) is 0 Å². The Kier molecular flexibility index (Phi) is 4.60. The third-order valence-electron chi connectivity index (χ3n) is 3.49. The van der Waals surface area contributed by atoms with Crippen LogP contribution >= 0.6 is 0 Å². The molecule has 4 nitrogen and oxygen atoms in total. The lowest BCUT2D eigenvalue weighted by molar-refractivity contribution is 0.427. The molecular formula is C14H22N2O2S. The van der Waals surface area contributed by atoms with Crippen LogP contribution in [-0.4, -0.2) is 27.5 Å². The molecular weight excluding hydrogens is 260 g/mol. The van der Waals surface area contributed by atoms with Gasteiger partial charge in [0.25, 0.3) is 0 Å². The van der Waals surface area contributed by atoms with Crippen LogP contribution in [0, 0.1) is 0 Å². The molecule has 0 aliphatic carbocycles. The van der Waals surface area contributed by atoms with E-state index in [2.05, 4.69) is 10.0 Å². The van der Waals surface area contributed by atoms with Crippen LogP contribution in [-0.2, 0) is 10.0 Å². The summed E-state index contributed by atoms with van der Waals surface area (Å²) in [5.74, 6) is 0.195. The van der Waals surface area contributed by atoms with Gasteiger partial charge in [0, 0.05) is 6.04 Å². The minimum Gasteiger partial charge on any atom is -0.317 e. The van der Waals surface area contributed by atoms with E-state index in [0.29, 0.717) is 4.90 Å². The zero-order valence-electron chi connectivity index (χ0n) is 11.5. The summed E-state index contributed by atoms with van der Waals surface area (Å²) in [6.07, 6.45) is 1.70. The highest BCUT2D eigenvalue weighted by atomic mass is 32.2. The van der Waals surface area contributed by atoms with Crippen molar-refractivity contribution in [3.05, 3.63) is 29.8 Å². The Morgan fingerprint density at radius 3 is 2.47 bits per heavy atom. The number of hydrogen-bond acceptors (Lipinski definition) is 3. The normalized spacial score (nSPS) is 17.8. The SMILES string of the molecule is CC(C)c1ccccc1S(=O)(=O)NC1CCNCC1. The number of nitrogens with one attached hydrogen (secondary N) is 2. The fourth-order valence-electron chi connectivity index (χ4n) is 2.42. The maximum absolute atomic E-state index is 12.5. The van der Waals surface area contributed by atoms with Crippen LogP contribution in [0.1, 0.15) is 38.2 Å². The summed E-state index contributed by atoms with van der Waals surface area (Å²) in [7, 11) is -3.41. The van der Waals surface area contributed by atoms with Crippen LogP contribution in [0.15, 0.2) is 29.2 Å². The van der Waals surface area contributed by atoms with E-state index in [1.165, 1.54) is 0 Å². The molecule has 1 aromatic rings. The van der Waals surface area contributed by atoms with Crippen molar-refractivity contribution in [1.82, 2.24) is 10.0 Å². The number of rotatable bonds is 4. The molecule has 0 amide bonds. The van der Waals surface area contributed by atoms with Gasteiger partial charge >= 0.3 is 0 Å². The van der Waals surface area contributed by atoms with Gasteiger partial charge in [0.1, 0.15) is 0 Å². The fraction of sp³-hybridized carbons (Fsp3) is 0.571. The molecule has 2 N–H and O–H groups in total. The van der Waals surface area contributed by atoms with Crippen LogP contribution in [0.5, 0.6) is 0 Å². The first-order valence-corrected chi connectivity index (χ1v) is 8.31. The Morgan fingerprint density at radius 1 is 1.21 bits per heavy atom. The number of hydrogen-bond donors (Lipinski definition) is 2. The van der Waals surface area contributed by atoms with Gasteiger partial charge in [-0.3, -0.25) is 0 Å². The molecule has 106 valence electrons. The predicted octanol–water partition coefficient (Wildman–Crippen LogP) is 1.84. The topological polar surface area (TPSA) is 58.2 Å². The van der Waals surface area contributed by atoms with Crippen molar-refractivity contribution < 1.29 is 8.42 Å². The maximum atomic E-state index is 12.5. The van der Waals surface area contributed by atoms with E-state index in [9.17, 15) is 8.42 Å². The van der Waals surface area contributed by atoms with E-state index in [-0.39, 0.29) is 12.0 Å². The highest BCUT2D eigenvalue weighted by Gasteiger charge is 2.24. The monoisotopic (exact) mass is 282 g/mol. The summed E-state index contributed by atoms with van der Waals surface area (Å²) in [4.78, 5) is 0.420. The maximum Gasteiger partial charge on any atom is 0.241 e. The molecule has 0 saturated carbocycles. The Balaban J connectivity index is 2.23. The molecule has 1 saturated heterocycles. The zero-order chi connectivity index (χ0) is 13.9. The van der Waals surface area contributed by atoms with E-state index in [1.54, 1.807) is 12.1 Å². The van der Waals surface area contributed by atoms with Gasteiger partial charge in [-0.15, -0.1) is 0 Å². The van der Waals surface area contributed by atoms with Gasteiger partial charge in [-0.2, -0.15) is 0 Å². The largest absolute Gasteiger partial charge is 0.317 e. The van der Waals surface area contributed by atoms with Gasteiger partial charge in [0.2, 0.25) is 10.0 Å². The summed E-state index contributed by atoms with van der Waals surface area (Å²) in [6.45, 7) is 5.77. The van der Waals surface area contributed by atoms with Crippen molar-refractivity contribution in [3.63, 3.8) is 0 Å². The van der Waals surface area contributed by atoms with Gasteiger partial charge in [-0.05, 0) is 43.5 Å². The minimum absolute atomic E-state index is 0.0477. The second kappa shape index (κ2) is 6.03. The molecule has 0 unspecified atom stereocenters. The Bertz CT molecular complexity index is 520. The molecule has 0 aromatic heterocycles. The zero-order valence-corrected chi connectivity index (χ0v) is 12.3. The summed E-state index contributed by atoms with van der Waals surface area (Å²) in [5.41, 5.74) is 0.879. The lowest BCUT2D eigenvalue weighted by Gasteiger charge is -2.24. The van der Waals surface area contributed by atoms with E-state index in [4.69, 9.17) is 0 Å². The van der Waals surface area contributed by atoms with Crippen molar-refractivity contribution in [3.8, 4) is 0 Å². The molecule has 19 heavy (non-hydrogen) atoms. The quantitative estimate of drug-likeness (QED) is 0.886. The van der Waals surface area contributed by atoms with Crippen LogP contribution in [0.25, 0.3) is 0 Å². The summed E-state index contributed by atoms with van der Waals surface area (Å²) in [5, 5.41) is 3.24. The molecule has 5 heteroatoms. The van der Waals surface area contributed by atoms with Crippen LogP contribution in [0.3, 0.4) is 0 Å². The highest BCUT2D eigenvalue weighted by molar-refractivity contribution is 7.89. The molecule has 1 fully saturated rings. The molecule has 2 rings (SSSR count). The van der Waals surface area contributed by atoms with Gasteiger partial charge in [-0.25, -0.2) is 13.1 Å². The van der Waals surface area contributed by atoms with Gasteiger partial charge < -0.3 is 5.32 Å². The molecule has 0 spiro atoms. The van der Waals surface area contributed by atoms with E-state index < -0.39 is 10.0 Å². The molecule has 0 bridgehead atoms. The molecule has 1 aliphatic heterocycles. The smallest absolute Gasteiger partial charge is 0.241 e. The van der Waals surface area contributed by atoms with Crippen LogP contribution in [0.2, 0.25) is 0 Å². The Hall–Kier alpha value is -0.910. The van der Waals surface area contributed by atoms with Gasteiger partial charge in [0.05, 0.1) is 4.90 Å². The van der Waals surface area contributed by atoms with Crippen molar-refractivity contribution in [2.45, 2.75) is 43.5 Å². The van der Waals surface area contributed by atoms with Crippen molar-refractivity contribution in [2.75, 3.05) is 13.1 Å². The third-order valence-corrected chi connectivity index (χ3v) is 5.09. The molecule has 0 atom stereocenters. The van der Waals surface area contributed by atoms with Crippen molar-refractivity contribution in [2.24, 2.45) is 0 Å². The minimum atomic E-state index is -3.41. The lowest BCUT2D eigenvalue weighted by Crippen LogP contribution is -2.42. The molecule has 1 aliphatic rings. The standard InChI is InChI=1S/C14H22N2O2S/c1-11(2)13-5-3-4-6-14(13)19(17,18)16-12-7-9-15-10-8-12/h3-6,11-12,15-16H,7-10H2,1-2H3. The average Bonchev–Trinajstić information content (AvgIpc) is 2.39. The molecule has 0 radical (unpaired) electrons. The van der Waals surface area contributed by atoms with Crippen molar-refractivity contribution in [1.29, 1.82) is 0 Å². The van der Waals surface area contributed by atoms with Crippen LogP contribution < -0.4 is 10.0 Å². The predicted molar refractivity (Wildman–Crippen MR) is 76.7 cm³/mol.